The second-order valence-corrected chi connectivity index (χ2v) is 5.52. The largest absolute Gasteiger partial charge is 0.373 e. The molecule has 0 aliphatic heterocycles. The summed E-state index contributed by atoms with van der Waals surface area (Å²) in [6.45, 7) is 5.40. The van der Waals surface area contributed by atoms with Gasteiger partial charge in [0.05, 0.1) is 15.6 Å². The summed E-state index contributed by atoms with van der Waals surface area (Å²) < 4.78 is 0. The molecule has 0 radical (unpaired) electrons. The Labute approximate surface area is 112 Å². The predicted octanol–water partition coefficient (Wildman–Crippen LogP) is 2.67. The molecule has 100 valence electrons. The number of hydrogen-bond acceptors (Lipinski definition) is 4. The fourth-order valence-corrected chi connectivity index (χ4v) is 2.03. The Morgan fingerprint density at radius 2 is 2.11 bits per heavy atom. The number of hydrogen-bond donors (Lipinski definition) is 1. The number of nitrogens with zero attached hydrogens (tertiary/aromatic N) is 2. The van der Waals surface area contributed by atoms with Crippen LogP contribution in [-0.4, -0.2) is 25.1 Å². The van der Waals surface area contributed by atoms with E-state index in [1.807, 2.05) is 11.9 Å². The Hall–Kier alpha value is -1.33. The van der Waals surface area contributed by atoms with Crippen molar-refractivity contribution in [2.24, 2.45) is 11.1 Å². The molecular formula is C12H18ClN3O2. The van der Waals surface area contributed by atoms with Crippen LogP contribution in [-0.2, 0) is 0 Å². The van der Waals surface area contributed by atoms with Gasteiger partial charge in [0.2, 0.25) is 0 Å². The van der Waals surface area contributed by atoms with Crippen LogP contribution in [0.5, 0.6) is 0 Å². The van der Waals surface area contributed by atoms with Crippen molar-refractivity contribution in [1.82, 2.24) is 0 Å². The van der Waals surface area contributed by atoms with Gasteiger partial charge in [-0.3, -0.25) is 10.1 Å². The highest BCUT2D eigenvalue weighted by Crippen LogP contribution is 2.30. The second-order valence-electron chi connectivity index (χ2n) is 5.12. The van der Waals surface area contributed by atoms with Crippen molar-refractivity contribution >= 4 is 23.0 Å². The van der Waals surface area contributed by atoms with E-state index in [9.17, 15) is 10.1 Å². The molecule has 18 heavy (non-hydrogen) atoms. The van der Waals surface area contributed by atoms with Gasteiger partial charge in [-0.1, -0.05) is 25.4 Å². The monoisotopic (exact) mass is 271 g/mol. The second kappa shape index (κ2) is 5.54. The first-order chi connectivity index (χ1) is 8.26. The zero-order chi connectivity index (χ0) is 13.9. The zero-order valence-electron chi connectivity index (χ0n) is 10.8. The number of halogens is 1. The molecule has 0 aliphatic carbocycles. The number of anilines is 1. The van der Waals surface area contributed by atoms with Crippen molar-refractivity contribution in [3.8, 4) is 0 Å². The smallest absolute Gasteiger partial charge is 0.271 e. The van der Waals surface area contributed by atoms with E-state index in [4.69, 9.17) is 17.3 Å². The van der Waals surface area contributed by atoms with E-state index < -0.39 is 4.92 Å². The molecule has 2 N–H and O–H groups in total. The standard InChI is InChI=1S/C12H18ClN3O2/c1-12(2,7-14)8-15(3)11-5-4-9(16(17)18)6-10(11)13/h4-6H,7-8,14H2,1-3H3. The molecular weight excluding hydrogens is 254 g/mol. The van der Waals surface area contributed by atoms with Gasteiger partial charge < -0.3 is 10.6 Å². The summed E-state index contributed by atoms with van der Waals surface area (Å²) in [5, 5.41) is 11.0. The topological polar surface area (TPSA) is 72.4 Å². The van der Waals surface area contributed by atoms with Crippen LogP contribution in [0, 0.1) is 15.5 Å². The van der Waals surface area contributed by atoms with Crippen molar-refractivity contribution in [2.75, 3.05) is 25.0 Å². The van der Waals surface area contributed by atoms with Crippen LogP contribution in [0.3, 0.4) is 0 Å². The Kier molecular flexibility index (Phi) is 4.53. The van der Waals surface area contributed by atoms with Gasteiger partial charge in [-0.2, -0.15) is 0 Å². The Morgan fingerprint density at radius 1 is 1.50 bits per heavy atom. The molecule has 0 atom stereocenters. The number of nitro benzene ring substituents is 1. The van der Waals surface area contributed by atoms with Gasteiger partial charge in [-0.25, -0.2) is 0 Å². The SMILES string of the molecule is CN(CC(C)(C)CN)c1ccc([N+](=O)[O-])cc1Cl. The lowest BCUT2D eigenvalue weighted by Gasteiger charge is -2.30. The average molecular weight is 272 g/mol. The highest BCUT2D eigenvalue weighted by molar-refractivity contribution is 6.33. The maximum absolute atomic E-state index is 10.6. The van der Waals surface area contributed by atoms with E-state index in [-0.39, 0.29) is 11.1 Å². The molecule has 6 heteroatoms. The minimum absolute atomic E-state index is 0.00441. The summed E-state index contributed by atoms with van der Waals surface area (Å²) >= 11 is 6.06. The molecule has 1 aromatic rings. The van der Waals surface area contributed by atoms with Crippen LogP contribution in [0.2, 0.25) is 5.02 Å². The summed E-state index contributed by atoms with van der Waals surface area (Å²) in [4.78, 5) is 12.1. The highest BCUT2D eigenvalue weighted by atomic mass is 35.5. The third-order valence-electron chi connectivity index (χ3n) is 2.77. The molecule has 0 saturated carbocycles. The van der Waals surface area contributed by atoms with Gasteiger partial charge in [-0.05, 0) is 18.0 Å². The van der Waals surface area contributed by atoms with E-state index in [2.05, 4.69) is 13.8 Å². The van der Waals surface area contributed by atoms with Crippen LogP contribution in [0.15, 0.2) is 18.2 Å². The van der Waals surface area contributed by atoms with Crippen molar-refractivity contribution in [2.45, 2.75) is 13.8 Å². The first-order valence-electron chi connectivity index (χ1n) is 5.62. The van der Waals surface area contributed by atoms with Crippen molar-refractivity contribution in [3.63, 3.8) is 0 Å². The van der Waals surface area contributed by atoms with Crippen LogP contribution < -0.4 is 10.6 Å². The molecule has 0 heterocycles. The number of non-ortho nitro benzene ring substituents is 1. The van der Waals surface area contributed by atoms with Gasteiger partial charge >= 0.3 is 0 Å². The molecule has 0 saturated heterocycles. The molecule has 5 nitrogen and oxygen atoms in total. The number of nitro groups is 1. The maximum atomic E-state index is 10.6. The first-order valence-corrected chi connectivity index (χ1v) is 6.00. The number of benzene rings is 1. The molecule has 0 amide bonds. The first kappa shape index (κ1) is 14.7. The van der Waals surface area contributed by atoms with E-state index >= 15 is 0 Å². The van der Waals surface area contributed by atoms with E-state index in [1.165, 1.54) is 12.1 Å². The summed E-state index contributed by atoms with van der Waals surface area (Å²) in [6.07, 6.45) is 0. The lowest BCUT2D eigenvalue weighted by atomic mass is 9.93. The minimum Gasteiger partial charge on any atom is -0.373 e. The molecule has 1 rings (SSSR count). The van der Waals surface area contributed by atoms with Crippen molar-refractivity contribution in [1.29, 1.82) is 0 Å². The lowest BCUT2D eigenvalue weighted by molar-refractivity contribution is -0.384. The lowest BCUT2D eigenvalue weighted by Crippen LogP contribution is -2.36. The molecule has 0 spiro atoms. The van der Waals surface area contributed by atoms with Crippen molar-refractivity contribution in [3.05, 3.63) is 33.3 Å². The van der Waals surface area contributed by atoms with Crippen LogP contribution in [0.25, 0.3) is 0 Å². The van der Waals surface area contributed by atoms with Crippen LogP contribution in [0.4, 0.5) is 11.4 Å². The zero-order valence-corrected chi connectivity index (χ0v) is 11.6. The quantitative estimate of drug-likeness (QED) is 0.660. The van der Waals surface area contributed by atoms with Gasteiger partial charge in [-0.15, -0.1) is 0 Å². The van der Waals surface area contributed by atoms with Crippen LogP contribution in [0.1, 0.15) is 13.8 Å². The average Bonchev–Trinajstić information content (AvgIpc) is 2.28. The van der Waals surface area contributed by atoms with Crippen LogP contribution >= 0.6 is 11.6 Å². The van der Waals surface area contributed by atoms with Gasteiger partial charge in [0.25, 0.3) is 5.69 Å². The van der Waals surface area contributed by atoms with Gasteiger partial charge in [0.1, 0.15) is 0 Å². The summed E-state index contributed by atoms with van der Waals surface area (Å²) in [6, 6.07) is 4.48. The van der Waals surface area contributed by atoms with Crippen molar-refractivity contribution < 1.29 is 4.92 Å². The van der Waals surface area contributed by atoms with E-state index in [0.717, 1.165) is 12.2 Å². The van der Waals surface area contributed by atoms with Gasteiger partial charge in [0, 0.05) is 25.7 Å². The third kappa shape index (κ3) is 3.58. The van der Waals surface area contributed by atoms with E-state index in [0.29, 0.717) is 11.6 Å². The third-order valence-corrected chi connectivity index (χ3v) is 3.07. The Bertz CT molecular complexity index is 449. The minimum atomic E-state index is -0.459. The summed E-state index contributed by atoms with van der Waals surface area (Å²) in [5.41, 5.74) is 6.41. The fourth-order valence-electron chi connectivity index (χ4n) is 1.71. The molecule has 0 fully saturated rings. The summed E-state index contributed by atoms with van der Waals surface area (Å²) in [5.74, 6) is 0. The van der Waals surface area contributed by atoms with Gasteiger partial charge in [0.15, 0.2) is 0 Å². The number of nitrogens with two attached hydrogens (primary N) is 1. The fraction of sp³-hybridized carbons (Fsp3) is 0.500. The molecule has 0 aliphatic rings. The summed E-state index contributed by atoms with van der Waals surface area (Å²) in [7, 11) is 1.89. The highest BCUT2D eigenvalue weighted by Gasteiger charge is 2.20. The Balaban J connectivity index is 2.93. The molecule has 0 bridgehead atoms. The molecule has 0 unspecified atom stereocenters. The molecule has 1 aromatic carbocycles. The maximum Gasteiger partial charge on any atom is 0.271 e. The van der Waals surface area contributed by atoms with E-state index in [1.54, 1.807) is 6.07 Å². The Morgan fingerprint density at radius 3 is 2.56 bits per heavy atom. The predicted molar refractivity (Wildman–Crippen MR) is 74.2 cm³/mol. The normalized spacial score (nSPS) is 11.4. The molecule has 0 aromatic heterocycles. The number of rotatable bonds is 5.